The summed E-state index contributed by atoms with van der Waals surface area (Å²) in [5.74, 6) is 0.258. The summed E-state index contributed by atoms with van der Waals surface area (Å²) in [5.41, 5.74) is -0.493. The van der Waals surface area contributed by atoms with Crippen LogP contribution in [0.1, 0.15) is 68.7 Å². The number of amides is 1. The van der Waals surface area contributed by atoms with Crippen molar-refractivity contribution in [2.75, 3.05) is 39.5 Å². The molecule has 0 radical (unpaired) electrons. The molecule has 0 saturated carbocycles. The zero-order chi connectivity index (χ0) is 25.3. The van der Waals surface area contributed by atoms with E-state index in [2.05, 4.69) is 23.9 Å². The van der Waals surface area contributed by atoms with Crippen LogP contribution in [0, 0.1) is 0 Å². The number of carbonyl (C=O) groups excluding carboxylic acids is 1. The molecule has 0 fully saturated rings. The van der Waals surface area contributed by atoms with Crippen molar-refractivity contribution in [2.24, 2.45) is 0 Å². The summed E-state index contributed by atoms with van der Waals surface area (Å²) in [4.78, 5) is 12.4. The van der Waals surface area contributed by atoms with Crippen molar-refractivity contribution < 1.29 is 24.1 Å². The lowest BCUT2D eigenvalue weighted by Gasteiger charge is -2.19. The highest BCUT2D eigenvalue weighted by molar-refractivity contribution is 7.97. The fourth-order valence-electron chi connectivity index (χ4n) is 1.62. The third kappa shape index (κ3) is 28.5. The third-order valence-corrected chi connectivity index (χ3v) is 3.52. The second kappa shape index (κ2) is 25.8. The minimum Gasteiger partial charge on any atom is -0.508 e. The number of aromatic hydroxyl groups is 1. The minimum atomic E-state index is -0.493. The van der Waals surface area contributed by atoms with E-state index in [1.54, 1.807) is 12.1 Å². The quantitative estimate of drug-likeness (QED) is 0.266. The summed E-state index contributed by atoms with van der Waals surface area (Å²) < 4.78 is 19.1. The Morgan fingerprint density at radius 3 is 1.84 bits per heavy atom. The van der Waals surface area contributed by atoms with E-state index >= 15 is 0 Å². The van der Waals surface area contributed by atoms with Gasteiger partial charge in [0.1, 0.15) is 11.4 Å². The number of hydrogen-bond acceptors (Lipinski definition) is 7. The van der Waals surface area contributed by atoms with E-state index in [0.29, 0.717) is 39.5 Å². The number of phenols is 1. The molecule has 0 aliphatic carbocycles. The first-order valence-corrected chi connectivity index (χ1v) is 12.4. The van der Waals surface area contributed by atoms with Gasteiger partial charge in [-0.1, -0.05) is 48.0 Å². The summed E-state index contributed by atoms with van der Waals surface area (Å²) in [7, 11) is 0. The van der Waals surface area contributed by atoms with Gasteiger partial charge in [-0.3, -0.25) is 4.72 Å². The van der Waals surface area contributed by atoms with Crippen LogP contribution in [0.5, 0.6) is 5.75 Å². The summed E-state index contributed by atoms with van der Waals surface area (Å²) in [6.45, 7) is 20.8. The van der Waals surface area contributed by atoms with Crippen LogP contribution in [0.3, 0.4) is 0 Å². The van der Waals surface area contributed by atoms with E-state index in [0.717, 1.165) is 4.90 Å². The first-order chi connectivity index (χ1) is 15.3. The van der Waals surface area contributed by atoms with Crippen LogP contribution >= 0.6 is 11.9 Å². The smallest absolute Gasteiger partial charge is 0.407 e. The number of hydrogen-bond donors (Lipinski definition) is 3. The van der Waals surface area contributed by atoms with Crippen LogP contribution in [-0.2, 0) is 14.2 Å². The van der Waals surface area contributed by atoms with E-state index in [4.69, 9.17) is 14.2 Å². The monoisotopic (exact) mass is 476 g/mol. The Kier molecular flexibility index (Phi) is 28.3. The van der Waals surface area contributed by atoms with Crippen molar-refractivity contribution in [1.82, 2.24) is 10.0 Å². The van der Waals surface area contributed by atoms with Gasteiger partial charge in [-0.05, 0) is 57.0 Å². The molecule has 190 valence electrons. The molecule has 0 saturated heterocycles. The predicted molar refractivity (Wildman–Crippen MR) is 137 cm³/mol. The SMILES string of the molecule is CC.CC.CC(C)(C)OC(=O)NCCOCCOCCNSc1ccc(O)cc1.CCC. The molecule has 0 spiro atoms. The van der Waals surface area contributed by atoms with E-state index in [1.165, 1.54) is 18.4 Å². The summed E-state index contributed by atoms with van der Waals surface area (Å²) in [5, 5.41) is 11.8. The Balaban J connectivity index is -0.00000108. The Hall–Kier alpha value is -1.48. The van der Waals surface area contributed by atoms with Crippen molar-refractivity contribution in [3.05, 3.63) is 24.3 Å². The first kappa shape index (κ1) is 35.1. The van der Waals surface area contributed by atoms with Gasteiger partial charge in [0.05, 0.1) is 26.4 Å². The van der Waals surface area contributed by atoms with Crippen LogP contribution in [0.2, 0.25) is 0 Å². The molecule has 1 amide bonds. The fourth-order valence-corrected chi connectivity index (χ4v) is 2.25. The molecular weight excluding hydrogens is 428 g/mol. The first-order valence-electron chi connectivity index (χ1n) is 11.6. The van der Waals surface area contributed by atoms with Gasteiger partial charge in [-0.2, -0.15) is 0 Å². The average Bonchev–Trinajstić information content (AvgIpc) is 2.75. The highest BCUT2D eigenvalue weighted by atomic mass is 32.2. The van der Waals surface area contributed by atoms with Crippen molar-refractivity contribution in [3.63, 3.8) is 0 Å². The zero-order valence-electron chi connectivity index (χ0n) is 21.7. The molecule has 0 unspecified atom stereocenters. The lowest BCUT2D eigenvalue weighted by molar-refractivity contribution is 0.0409. The molecule has 1 rings (SSSR count). The number of carbonyl (C=O) groups is 1. The number of rotatable bonds is 11. The van der Waals surface area contributed by atoms with Crippen molar-refractivity contribution in [2.45, 2.75) is 79.2 Å². The van der Waals surface area contributed by atoms with Crippen LogP contribution in [0.15, 0.2) is 29.2 Å². The topological polar surface area (TPSA) is 89.1 Å². The standard InChI is InChI=1S/C17H28N2O5S.C3H8.2C2H6/c1-17(2,3)24-16(21)18-8-10-22-12-13-23-11-9-19-25-15-6-4-14(20)5-7-15;1-3-2;2*1-2/h4-7,19-20H,8-13H2,1-3H3,(H,18,21);3H2,1-2H3;2*1-2H3. The number of alkyl carbamates (subject to hydrolysis) is 1. The molecule has 0 bridgehead atoms. The second-order valence-electron chi connectivity index (χ2n) is 6.85. The molecule has 0 aliphatic rings. The molecule has 8 heteroatoms. The normalized spacial score (nSPS) is 9.78. The van der Waals surface area contributed by atoms with Gasteiger partial charge in [0.15, 0.2) is 0 Å². The molecule has 7 nitrogen and oxygen atoms in total. The van der Waals surface area contributed by atoms with Crippen molar-refractivity contribution in [3.8, 4) is 5.75 Å². The van der Waals surface area contributed by atoms with Gasteiger partial charge in [-0.15, -0.1) is 0 Å². The molecule has 0 heterocycles. The Morgan fingerprint density at radius 2 is 1.38 bits per heavy atom. The van der Waals surface area contributed by atoms with Crippen molar-refractivity contribution >= 4 is 18.0 Å². The molecule has 1 aromatic carbocycles. The Morgan fingerprint density at radius 1 is 0.906 bits per heavy atom. The fraction of sp³-hybridized carbons (Fsp3) is 0.708. The maximum absolute atomic E-state index is 11.4. The largest absolute Gasteiger partial charge is 0.508 e. The summed E-state index contributed by atoms with van der Waals surface area (Å²) >= 11 is 1.49. The molecular formula is C24H48N2O5S. The number of phenolic OH excluding ortho intramolecular Hbond substituents is 1. The predicted octanol–water partition coefficient (Wildman–Crippen LogP) is 6.02. The molecule has 0 aromatic heterocycles. The average molecular weight is 477 g/mol. The van der Waals surface area contributed by atoms with Crippen LogP contribution < -0.4 is 10.0 Å². The van der Waals surface area contributed by atoms with Gasteiger partial charge in [0.25, 0.3) is 0 Å². The van der Waals surface area contributed by atoms with Crippen LogP contribution in [0.4, 0.5) is 4.79 Å². The molecule has 3 N–H and O–H groups in total. The van der Waals surface area contributed by atoms with E-state index in [1.807, 2.05) is 60.6 Å². The van der Waals surface area contributed by atoms with E-state index in [9.17, 15) is 9.90 Å². The second-order valence-corrected chi connectivity index (χ2v) is 7.82. The summed E-state index contributed by atoms with van der Waals surface area (Å²) in [6, 6.07) is 6.98. The van der Waals surface area contributed by atoms with Crippen molar-refractivity contribution in [1.29, 1.82) is 0 Å². The lowest BCUT2D eigenvalue weighted by Crippen LogP contribution is -2.34. The number of benzene rings is 1. The summed E-state index contributed by atoms with van der Waals surface area (Å²) in [6.07, 6.45) is 0.810. The van der Waals surface area contributed by atoms with Crippen LogP contribution in [0.25, 0.3) is 0 Å². The van der Waals surface area contributed by atoms with Gasteiger partial charge in [-0.25, -0.2) is 4.79 Å². The van der Waals surface area contributed by atoms with Crippen LogP contribution in [-0.4, -0.2) is 56.3 Å². The number of nitrogens with one attached hydrogen (secondary N) is 2. The zero-order valence-corrected chi connectivity index (χ0v) is 22.6. The number of ether oxygens (including phenoxy) is 3. The Labute approximate surface area is 201 Å². The van der Waals surface area contributed by atoms with Gasteiger partial charge >= 0.3 is 6.09 Å². The molecule has 32 heavy (non-hydrogen) atoms. The molecule has 0 atom stereocenters. The van der Waals surface area contributed by atoms with Gasteiger partial charge < -0.3 is 24.6 Å². The highest BCUT2D eigenvalue weighted by Crippen LogP contribution is 2.17. The third-order valence-electron chi connectivity index (χ3n) is 2.66. The Bertz CT molecular complexity index is 508. The maximum Gasteiger partial charge on any atom is 0.407 e. The van der Waals surface area contributed by atoms with Gasteiger partial charge in [0.2, 0.25) is 0 Å². The highest BCUT2D eigenvalue weighted by Gasteiger charge is 2.15. The minimum absolute atomic E-state index is 0.258. The lowest BCUT2D eigenvalue weighted by atomic mass is 10.2. The molecule has 0 aliphatic heterocycles. The van der Waals surface area contributed by atoms with E-state index < -0.39 is 11.7 Å². The molecule has 1 aromatic rings. The van der Waals surface area contributed by atoms with Gasteiger partial charge in [0, 0.05) is 18.0 Å². The maximum atomic E-state index is 11.4. The van der Waals surface area contributed by atoms with E-state index in [-0.39, 0.29) is 5.75 Å².